The summed E-state index contributed by atoms with van der Waals surface area (Å²) in [6, 6.07) is 14.6. The molecule has 11 nitrogen and oxygen atoms in total. The maximum absolute atomic E-state index is 13.8. The minimum atomic E-state index is -3.85. The zero-order valence-electron chi connectivity index (χ0n) is 24.6. The third kappa shape index (κ3) is 5.30. The molecule has 0 aromatic heterocycles. The first-order valence-electron chi connectivity index (χ1n) is 14.9. The molecular weight excluding hydrogens is 584 g/mol. The summed E-state index contributed by atoms with van der Waals surface area (Å²) >= 11 is 0. The smallest absolute Gasteiger partial charge is 0.259 e. The highest BCUT2D eigenvalue weighted by Crippen LogP contribution is 2.45. The number of benzene rings is 2. The molecule has 2 aromatic rings. The minimum Gasteiger partial charge on any atom is -0.390 e. The molecule has 3 aliphatic carbocycles. The summed E-state index contributed by atoms with van der Waals surface area (Å²) in [4.78, 5) is 47.6. The number of aliphatic hydroxyl groups excluding tert-OH is 1. The Labute approximate surface area is 256 Å². The van der Waals surface area contributed by atoms with E-state index < -0.39 is 68.6 Å². The molecule has 2 aromatic carbocycles. The van der Waals surface area contributed by atoms with Gasteiger partial charge >= 0.3 is 0 Å². The highest BCUT2D eigenvalue weighted by Gasteiger charge is 2.62. The molecule has 1 aliphatic heterocycles. The number of hydrogen-bond donors (Lipinski definition) is 3. The number of likely N-dealkylation sites (tertiary alicyclic amines) is 1. The molecule has 2 unspecified atom stereocenters. The summed E-state index contributed by atoms with van der Waals surface area (Å²) in [6.07, 6.45) is 0.653. The molecular formula is C32H36N4O7S. The average molecular weight is 621 g/mol. The van der Waals surface area contributed by atoms with Crippen molar-refractivity contribution in [1.82, 2.24) is 14.9 Å². The fourth-order valence-electron chi connectivity index (χ4n) is 6.06. The Morgan fingerprint density at radius 2 is 1.66 bits per heavy atom. The van der Waals surface area contributed by atoms with Crippen molar-refractivity contribution in [2.75, 3.05) is 6.54 Å². The Morgan fingerprint density at radius 3 is 2.18 bits per heavy atom. The number of amides is 3. The molecule has 0 radical (unpaired) electrons. The van der Waals surface area contributed by atoms with Crippen LogP contribution in [-0.2, 0) is 29.2 Å². The molecule has 5 atom stereocenters. The van der Waals surface area contributed by atoms with Crippen LogP contribution in [0.5, 0.6) is 0 Å². The van der Waals surface area contributed by atoms with E-state index in [4.69, 9.17) is 4.84 Å². The van der Waals surface area contributed by atoms with Gasteiger partial charge in [0.05, 0.1) is 11.8 Å². The van der Waals surface area contributed by atoms with E-state index in [1.165, 1.54) is 11.0 Å². The van der Waals surface area contributed by atoms with Crippen molar-refractivity contribution in [1.29, 1.82) is 0 Å². The van der Waals surface area contributed by atoms with Crippen LogP contribution >= 0.6 is 0 Å². The topological polar surface area (TPSA) is 154 Å². The summed E-state index contributed by atoms with van der Waals surface area (Å²) in [5, 5.41) is 17.2. The fraction of sp³-hybridized carbons (Fsp3) is 0.438. The fourth-order valence-corrected chi connectivity index (χ4v) is 7.42. The summed E-state index contributed by atoms with van der Waals surface area (Å²) in [7, 11) is -3.85. The quantitative estimate of drug-likeness (QED) is 0.232. The van der Waals surface area contributed by atoms with Crippen LogP contribution in [0.25, 0.3) is 11.1 Å². The van der Waals surface area contributed by atoms with Gasteiger partial charge in [0, 0.05) is 23.5 Å². The highest BCUT2D eigenvalue weighted by atomic mass is 32.2. The van der Waals surface area contributed by atoms with Crippen LogP contribution < -0.4 is 10.0 Å². The zero-order valence-corrected chi connectivity index (χ0v) is 25.4. The Balaban J connectivity index is 1.24. The number of carbonyl (C=O) groups excluding carboxylic acids is 3. The molecule has 232 valence electrons. The van der Waals surface area contributed by atoms with Gasteiger partial charge in [0.15, 0.2) is 0 Å². The van der Waals surface area contributed by atoms with Crippen molar-refractivity contribution in [2.45, 2.75) is 68.6 Å². The molecule has 3 amide bonds. The molecule has 2 saturated carbocycles. The molecule has 3 N–H and O–H groups in total. The SMILES string of the molecule is C=C[C@@H]1C[C@@]1(NC(=O)C1CC(ON=C2c3ccccc3-c3ccccc32)CN1C(=O)[C@@H](O)C(C)C)C(=O)NS(=O)(=O)C1CC1. The Bertz CT molecular complexity index is 1620. The number of oxime groups is 1. The Kier molecular flexibility index (Phi) is 7.61. The first-order chi connectivity index (χ1) is 21.0. The lowest BCUT2D eigenvalue weighted by atomic mass is 10.1. The number of fused-ring (bicyclic) bond motifs is 3. The third-order valence-electron chi connectivity index (χ3n) is 8.93. The van der Waals surface area contributed by atoms with E-state index in [9.17, 15) is 27.9 Å². The number of hydrogen-bond acceptors (Lipinski definition) is 8. The Hall–Kier alpha value is -4.03. The minimum absolute atomic E-state index is 0.0130. The van der Waals surface area contributed by atoms with Gasteiger partial charge in [0.2, 0.25) is 15.9 Å². The lowest BCUT2D eigenvalue weighted by Crippen LogP contribution is -2.57. The van der Waals surface area contributed by atoms with Gasteiger partial charge in [-0.15, -0.1) is 6.58 Å². The van der Waals surface area contributed by atoms with Crippen LogP contribution in [0.4, 0.5) is 0 Å². The molecule has 1 saturated heterocycles. The summed E-state index contributed by atoms with van der Waals surface area (Å²) in [5.74, 6) is -2.99. The van der Waals surface area contributed by atoms with Crippen LogP contribution in [0.3, 0.4) is 0 Å². The number of carbonyl (C=O) groups is 3. The van der Waals surface area contributed by atoms with Crippen molar-refractivity contribution in [3.8, 4) is 11.1 Å². The lowest BCUT2D eigenvalue weighted by molar-refractivity contribution is -0.147. The largest absolute Gasteiger partial charge is 0.390 e. The first kappa shape index (κ1) is 30.0. The van der Waals surface area contributed by atoms with E-state index in [1.54, 1.807) is 13.8 Å². The van der Waals surface area contributed by atoms with E-state index in [0.29, 0.717) is 18.6 Å². The number of nitrogens with one attached hydrogen (secondary N) is 2. The van der Waals surface area contributed by atoms with Crippen LogP contribution in [0, 0.1) is 11.8 Å². The van der Waals surface area contributed by atoms with Crippen LogP contribution in [0.2, 0.25) is 0 Å². The monoisotopic (exact) mass is 620 g/mol. The van der Waals surface area contributed by atoms with Gasteiger partial charge in [-0.2, -0.15) is 0 Å². The van der Waals surface area contributed by atoms with Gasteiger partial charge in [-0.1, -0.05) is 73.6 Å². The Morgan fingerprint density at radius 1 is 1.07 bits per heavy atom. The summed E-state index contributed by atoms with van der Waals surface area (Å²) in [6.45, 7) is 7.11. The molecule has 4 aliphatic rings. The third-order valence-corrected chi connectivity index (χ3v) is 10.7. The van der Waals surface area contributed by atoms with Crippen molar-refractivity contribution >= 4 is 33.5 Å². The maximum Gasteiger partial charge on any atom is 0.259 e. The molecule has 0 bridgehead atoms. The van der Waals surface area contributed by atoms with Crippen molar-refractivity contribution < 1.29 is 32.7 Å². The van der Waals surface area contributed by atoms with Crippen molar-refractivity contribution in [2.24, 2.45) is 17.0 Å². The number of sulfonamides is 1. The summed E-state index contributed by atoms with van der Waals surface area (Å²) < 4.78 is 27.1. The molecule has 3 fully saturated rings. The van der Waals surface area contributed by atoms with Gasteiger partial charge in [0.1, 0.15) is 29.5 Å². The number of aliphatic hydroxyl groups is 1. The van der Waals surface area contributed by atoms with Crippen LogP contribution in [-0.4, -0.2) is 77.4 Å². The highest BCUT2D eigenvalue weighted by molar-refractivity contribution is 7.91. The molecule has 6 rings (SSSR count). The van der Waals surface area contributed by atoms with E-state index in [-0.39, 0.29) is 19.4 Å². The van der Waals surface area contributed by atoms with E-state index in [0.717, 1.165) is 22.3 Å². The molecule has 12 heteroatoms. The normalized spacial score (nSPS) is 26.0. The lowest BCUT2D eigenvalue weighted by Gasteiger charge is -2.28. The second kappa shape index (κ2) is 11.2. The van der Waals surface area contributed by atoms with E-state index >= 15 is 0 Å². The number of rotatable bonds is 10. The van der Waals surface area contributed by atoms with Gasteiger partial charge in [-0.25, -0.2) is 8.42 Å². The molecule has 0 spiro atoms. The molecule has 44 heavy (non-hydrogen) atoms. The van der Waals surface area contributed by atoms with Crippen LogP contribution in [0.15, 0.2) is 66.3 Å². The van der Waals surface area contributed by atoms with E-state index in [1.807, 2.05) is 48.5 Å². The van der Waals surface area contributed by atoms with Crippen LogP contribution in [0.1, 0.15) is 50.7 Å². The second-order valence-electron chi connectivity index (χ2n) is 12.4. The van der Waals surface area contributed by atoms with Gasteiger partial charge < -0.3 is 20.2 Å². The predicted molar refractivity (Wildman–Crippen MR) is 163 cm³/mol. The zero-order chi connectivity index (χ0) is 31.4. The van der Waals surface area contributed by atoms with Gasteiger partial charge in [0.25, 0.3) is 11.8 Å². The second-order valence-corrected chi connectivity index (χ2v) is 14.3. The maximum atomic E-state index is 13.8. The predicted octanol–water partition coefficient (Wildman–Crippen LogP) is 2.09. The van der Waals surface area contributed by atoms with E-state index in [2.05, 4.69) is 21.8 Å². The summed E-state index contributed by atoms with van der Waals surface area (Å²) in [5.41, 5.74) is 3.01. The molecule has 1 heterocycles. The van der Waals surface area contributed by atoms with Gasteiger partial charge in [-0.3, -0.25) is 19.1 Å². The standard InChI is InChI=1S/C32H36N4O7S/c1-4-19-16-32(19,31(40)35-44(41,42)21-13-14-21)33-29(38)26-15-20(17-36(26)30(39)28(37)18(2)3)43-34-27-24-11-7-5-9-22(24)23-10-6-8-12-25(23)27/h4-12,18-21,26,28,37H,1,13-17H2,2-3H3,(H,33,38)(H,35,40)/t19-,20?,26?,28+,32+/m1/s1. The van der Waals surface area contributed by atoms with Gasteiger partial charge in [-0.05, 0) is 36.3 Å². The average Bonchev–Trinajstić information content (AvgIpc) is 3.92. The van der Waals surface area contributed by atoms with Crippen molar-refractivity contribution in [3.05, 3.63) is 72.3 Å². The first-order valence-corrected chi connectivity index (χ1v) is 16.4. The van der Waals surface area contributed by atoms with Crippen molar-refractivity contribution in [3.63, 3.8) is 0 Å². The number of nitrogens with zero attached hydrogens (tertiary/aromatic N) is 2.